The van der Waals surface area contributed by atoms with Gasteiger partial charge in [0, 0.05) is 19.5 Å². The Bertz CT molecular complexity index is 694. The third-order valence-corrected chi connectivity index (χ3v) is 6.86. The van der Waals surface area contributed by atoms with Crippen molar-refractivity contribution in [3.63, 3.8) is 0 Å². The van der Waals surface area contributed by atoms with E-state index in [1.54, 1.807) is 17.5 Å². The number of nitrogens with zero attached hydrogens (tertiary/aromatic N) is 3. The van der Waals surface area contributed by atoms with Crippen molar-refractivity contribution in [2.24, 2.45) is 0 Å². The normalized spacial score (nSPS) is 20.7. The quantitative estimate of drug-likeness (QED) is 0.861. The van der Waals surface area contributed by atoms with Crippen molar-refractivity contribution in [1.82, 2.24) is 14.4 Å². The van der Waals surface area contributed by atoms with Crippen LogP contribution < -0.4 is 0 Å². The first-order valence-corrected chi connectivity index (χ1v) is 9.29. The molecule has 21 heavy (non-hydrogen) atoms. The molecule has 2 aromatic heterocycles. The minimum atomic E-state index is -3.40. The second kappa shape index (κ2) is 5.86. The SMILES string of the molecule is CCc1noc([C@H]2CCCN(S(=O)(=O)c3cccs3)C2)n1. The molecule has 8 heteroatoms. The van der Waals surface area contributed by atoms with Crippen LogP contribution in [-0.2, 0) is 16.4 Å². The highest BCUT2D eigenvalue weighted by atomic mass is 32.2. The van der Waals surface area contributed by atoms with Crippen LogP contribution in [0.2, 0.25) is 0 Å². The van der Waals surface area contributed by atoms with Crippen LogP contribution >= 0.6 is 11.3 Å². The Hall–Kier alpha value is -1.25. The lowest BCUT2D eigenvalue weighted by molar-refractivity contribution is 0.265. The standard InChI is InChI=1S/C13H17N3O3S2/c1-2-11-14-13(19-15-11)10-5-3-7-16(9-10)21(17,18)12-6-4-8-20-12/h4,6,8,10H,2-3,5,7,9H2,1H3/t10-/m0/s1. The van der Waals surface area contributed by atoms with E-state index in [9.17, 15) is 8.42 Å². The summed E-state index contributed by atoms with van der Waals surface area (Å²) in [6, 6.07) is 3.40. The molecule has 1 fully saturated rings. The van der Waals surface area contributed by atoms with E-state index in [4.69, 9.17) is 4.52 Å². The van der Waals surface area contributed by atoms with Crippen LogP contribution in [0.3, 0.4) is 0 Å². The molecule has 0 radical (unpaired) electrons. The highest BCUT2D eigenvalue weighted by molar-refractivity contribution is 7.91. The molecule has 0 spiro atoms. The molecule has 1 saturated heterocycles. The Morgan fingerprint density at radius 2 is 2.38 bits per heavy atom. The molecule has 2 aromatic rings. The fraction of sp³-hybridized carbons (Fsp3) is 0.538. The van der Waals surface area contributed by atoms with Crippen LogP contribution in [0.1, 0.15) is 37.4 Å². The van der Waals surface area contributed by atoms with Crippen molar-refractivity contribution in [3.05, 3.63) is 29.2 Å². The lowest BCUT2D eigenvalue weighted by Crippen LogP contribution is -2.38. The zero-order chi connectivity index (χ0) is 14.9. The Morgan fingerprint density at radius 3 is 3.05 bits per heavy atom. The zero-order valence-corrected chi connectivity index (χ0v) is 13.4. The first-order valence-electron chi connectivity index (χ1n) is 6.97. The monoisotopic (exact) mass is 327 g/mol. The number of rotatable bonds is 4. The molecule has 0 aromatic carbocycles. The molecule has 1 atom stereocenters. The third-order valence-electron chi connectivity index (χ3n) is 3.62. The average Bonchev–Trinajstić information content (AvgIpc) is 3.19. The fourth-order valence-corrected chi connectivity index (χ4v) is 5.15. The van der Waals surface area contributed by atoms with Crippen LogP contribution in [-0.4, -0.2) is 36.0 Å². The van der Waals surface area contributed by atoms with Gasteiger partial charge in [0.25, 0.3) is 10.0 Å². The molecule has 3 heterocycles. The summed E-state index contributed by atoms with van der Waals surface area (Å²) in [5.74, 6) is 1.21. The number of aryl methyl sites for hydroxylation is 1. The van der Waals surface area contributed by atoms with E-state index in [-0.39, 0.29) is 5.92 Å². The summed E-state index contributed by atoms with van der Waals surface area (Å²) in [6.07, 6.45) is 2.40. The van der Waals surface area contributed by atoms with Crippen molar-refractivity contribution >= 4 is 21.4 Å². The zero-order valence-electron chi connectivity index (χ0n) is 11.7. The molecule has 0 aliphatic carbocycles. The number of thiophene rings is 1. The van der Waals surface area contributed by atoms with E-state index >= 15 is 0 Å². The molecule has 1 aliphatic heterocycles. The molecule has 6 nitrogen and oxygen atoms in total. The van der Waals surface area contributed by atoms with Gasteiger partial charge in [-0.3, -0.25) is 0 Å². The maximum absolute atomic E-state index is 12.6. The molecular formula is C13H17N3O3S2. The summed E-state index contributed by atoms with van der Waals surface area (Å²) in [5.41, 5.74) is 0. The van der Waals surface area contributed by atoms with Crippen LogP contribution in [0.5, 0.6) is 0 Å². The predicted octanol–water partition coefficient (Wildman–Crippen LogP) is 2.26. The van der Waals surface area contributed by atoms with E-state index in [1.807, 2.05) is 6.92 Å². The minimum Gasteiger partial charge on any atom is -0.339 e. The van der Waals surface area contributed by atoms with Gasteiger partial charge in [-0.2, -0.15) is 9.29 Å². The Morgan fingerprint density at radius 1 is 1.52 bits per heavy atom. The highest BCUT2D eigenvalue weighted by Crippen LogP contribution is 2.30. The van der Waals surface area contributed by atoms with Crippen molar-refractivity contribution in [2.75, 3.05) is 13.1 Å². The maximum Gasteiger partial charge on any atom is 0.252 e. The Kier molecular flexibility index (Phi) is 4.10. The lowest BCUT2D eigenvalue weighted by Gasteiger charge is -2.29. The number of sulfonamides is 1. The van der Waals surface area contributed by atoms with Crippen molar-refractivity contribution in [3.8, 4) is 0 Å². The van der Waals surface area contributed by atoms with Gasteiger partial charge < -0.3 is 4.52 Å². The van der Waals surface area contributed by atoms with Gasteiger partial charge in [0.05, 0.1) is 5.92 Å². The van der Waals surface area contributed by atoms with Gasteiger partial charge in [-0.1, -0.05) is 18.1 Å². The van der Waals surface area contributed by atoms with Crippen LogP contribution in [0, 0.1) is 0 Å². The van der Waals surface area contributed by atoms with Crippen molar-refractivity contribution < 1.29 is 12.9 Å². The molecular weight excluding hydrogens is 310 g/mol. The molecule has 0 bridgehead atoms. The average molecular weight is 327 g/mol. The molecule has 1 aliphatic rings. The van der Waals surface area contributed by atoms with Gasteiger partial charge in [-0.05, 0) is 24.3 Å². The van der Waals surface area contributed by atoms with Crippen LogP contribution in [0.15, 0.2) is 26.2 Å². The number of piperidine rings is 1. The summed E-state index contributed by atoms with van der Waals surface area (Å²) >= 11 is 1.25. The second-order valence-electron chi connectivity index (χ2n) is 5.04. The Labute approximate surface area is 127 Å². The molecule has 0 amide bonds. The van der Waals surface area contributed by atoms with E-state index in [0.29, 0.717) is 35.4 Å². The summed E-state index contributed by atoms with van der Waals surface area (Å²) in [4.78, 5) is 4.33. The number of hydrogen-bond donors (Lipinski definition) is 0. The van der Waals surface area contributed by atoms with Crippen LogP contribution in [0.4, 0.5) is 0 Å². The molecule has 114 valence electrons. The minimum absolute atomic E-state index is 0.0127. The smallest absolute Gasteiger partial charge is 0.252 e. The predicted molar refractivity (Wildman–Crippen MR) is 78.7 cm³/mol. The second-order valence-corrected chi connectivity index (χ2v) is 8.15. The summed E-state index contributed by atoms with van der Waals surface area (Å²) in [7, 11) is -3.40. The Balaban J connectivity index is 1.80. The van der Waals surface area contributed by atoms with E-state index in [2.05, 4.69) is 10.1 Å². The van der Waals surface area contributed by atoms with Gasteiger partial charge in [0.15, 0.2) is 5.82 Å². The van der Waals surface area contributed by atoms with Crippen LogP contribution in [0.25, 0.3) is 0 Å². The highest BCUT2D eigenvalue weighted by Gasteiger charge is 2.33. The summed E-state index contributed by atoms with van der Waals surface area (Å²) < 4.78 is 32.3. The topological polar surface area (TPSA) is 76.3 Å². The number of hydrogen-bond acceptors (Lipinski definition) is 6. The molecule has 3 rings (SSSR count). The third kappa shape index (κ3) is 2.88. The maximum atomic E-state index is 12.6. The largest absolute Gasteiger partial charge is 0.339 e. The van der Waals surface area contributed by atoms with Gasteiger partial charge in [-0.25, -0.2) is 8.42 Å². The van der Waals surface area contributed by atoms with Crippen molar-refractivity contribution in [1.29, 1.82) is 0 Å². The summed E-state index contributed by atoms with van der Waals surface area (Å²) in [6.45, 7) is 2.92. The van der Waals surface area contributed by atoms with E-state index in [0.717, 1.165) is 12.8 Å². The van der Waals surface area contributed by atoms with E-state index in [1.165, 1.54) is 15.6 Å². The van der Waals surface area contributed by atoms with Gasteiger partial charge in [0.2, 0.25) is 5.89 Å². The fourth-order valence-electron chi connectivity index (χ4n) is 2.48. The van der Waals surface area contributed by atoms with Gasteiger partial charge >= 0.3 is 0 Å². The number of aromatic nitrogens is 2. The summed E-state index contributed by atoms with van der Waals surface area (Å²) in [5, 5.41) is 5.67. The molecule has 0 saturated carbocycles. The molecule has 0 N–H and O–H groups in total. The van der Waals surface area contributed by atoms with Crippen molar-refractivity contribution in [2.45, 2.75) is 36.3 Å². The van der Waals surface area contributed by atoms with Gasteiger partial charge in [0.1, 0.15) is 4.21 Å². The molecule has 0 unspecified atom stereocenters. The van der Waals surface area contributed by atoms with E-state index < -0.39 is 10.0 Å². The van der Waals surface area contributed by atoms with Gasteiger partial charge in [-0.15, -0.1) is 11.3 Å². The first kappa shape index (κ1) is 14.7. The first-order chi connectivity index (χ1) is 10.1. The lowest BCUT2D eigenvalue weighted by atomic mass is 10.00.